The number of methoxy groups -OCH3 is 2. The first-order chi connectivity index (χ1) is 24.7. The Hall–Kier alpha value is -5.42. The van der Waals surface area contributed by atoms with Gasteiger partial charge in [0.1, 0.15) is 6.61 Å². The van der Waals surface area contributed by atoms with Crippen LogP contribution in [-0.2, 0) is 6.61 Å². The molecule has 4 aromatic heterocycles. The van der Waals surface area contributed by atoms with Crippen LogP contribution in [0, 0.1) is 20.2 Å². The van der Waals surface area contributed by atoms with Crippen LogP contribution in [0.5, 0.6) is 23.0 Å². The molecule has 12 nitrogen and oxygen atoms in total. The van der Waals surface area contributed by atoms with Crippen molar-refractivity contribution in [2.24, 2.45) is 0 Å². The molecule has 3 aromatic carbocycles. The molecular formula is C35H26N4O8S4. The molecule has 0 saturated carbocycles. The van der Waals surface area contributed by atoms with Crippen molar-refractivity contribution in [2.75, 3.05) is 14.2 Å². The van der Waals surface area contributed by atoms with Crippen molar-refractivity contribution in [3.05, 3.63) is 129 Å². The Kier molecular flexibility index (Phi) is 11.2. The molecule has 51 heavy (non-hydrogen) atoms. The monoisotopic (exact) mass is 758 g/mol. The summed E-state index contributed by atoms with van der Waals surface area (Å²) < 4.78 is 18.3. The molecule has 0 atom stereocenters. The summed E-state index contributed by atoms with van der Waals surface area (Å²) in [4.78, 5) is 31.4. The van der Waals surface area contributed by atoms with Crippen LogP contribution in [0.3, 0.4) is 0 Å². The number of hydrogen-bond acceptors (Lipinski definition) is 14. The van der Waals surface area contributed by atoms with Gasteiger partial charge in [-0.15, -0.1) is 0 Å². The van der Waals surface area contributed by atoms with Gasteiger partial charge in [-0.3, -0.25) is 30.2 Å². The number of phenolic OH excluding ortho intramolecular Hbond substituents is 1. The van der Waals surface area contributed by atoms with Crippen LogP contribution in [0.4, 0.5) is 10.0 Å². The first-order valence-corrected chi connectivity index (χ1v) is 18.1. The number of aromatic hydroxyl groups is 1. The Morgan fingerprint density at radius 1 is 0.686 bits per heavy atom. The summed E-state index contributed by atoms with van der Waals surface area (Å²) in [6.07, 6.45) is 3.36. The number of nitro groups is 2. The van der Waals surface area contributed by atoms with E-state index in [1.807, 2.05) is 54.6 Å². The average molecular weight is 759 g/mol. The zero-order valence-corrected chi connectivity index (χ0v) is 30.0. The van der Waals surface area contributed by atoms with Gasteiger partial charge in [0.05, 0.1) is 43.5 Å². The van der Waals surface area contributed by atoms with Gasteiger partial charge < -0.3 is 19.3 Å². The summed E-state index contributed by atoms with van der Waals surface area (Å²) in [5.41, 5.74) is 2.46. The van der Waals surface area contributed by atoms with Crippen LogP contribution in [-0.4, -0.2) is 39.1 Å². The summed E-state index contributed by atoms with van der Waals surface area (Å²) in [5, 5.41) is 33.4. The third kappa shape index (κ3) is 8.49. The molecule has 0 spiro atoms. The molecule has 1 N–H and O–H groups in total. The van der Waals surface area contributed by atoms with Gasteiger partial charge in [0.25, 0.3) is 0 Å². The van der Waals surface area contributed by atoms with E-state index in [0.717, 1.165) is 62.7 Å². The molecule has 258 valence electrons. The van der Waals surface area contributed by atoms with Gasteiger partial charge in [-0.25, -0.2) is 0 Å². The summed E-state index contributed by atoms with van der Waals surface area (Å²) in [5.74, 6) is 1.61. The Labute approximate surface area is 307 Å². The van der Waals surface area contributed by atoms with E-state index in [1.165, 1.54) is 48.8 Å². The predicted octanol–water partition coefficient (Wildman–Crippen LogP) is 10.0. The lowest BCUT2D eigenvalue weighted by Gasteiger charge is -2.13. The normalized spacial score (nSPS) is 10.8. The number of phenols is 1. The predicted molar refractivity (Wildman–Crippen MR) is 199 cm³/mol. The molecule has 0 bridgehead atoms. The highest BCUT2D eigenvalue weighted by Gasteiger charge is 2.16. The number of fused-ring (bicyclic) bond motifs is 2. The van der Waals surface area contributed by atoms with E-state index in [-0.39, 0.29) is 20.7 Å². The molecule has 16 heteroatoms. The van der Waals surface area contributed by atoms with E-state index in [4.69, 9.17) is 14.2 Å². The zero-order valence-electron chi connectivity index (χ0n) is 26.7. The van der Waals surface area contributed by atoms with Gasteiger partial charge in [0, 0.05) is 57.2 Å². The zero-order chi connectivity index (χ0) is 35.9. The van der Waals surface area contributed by atoms with E-state index in [9.17, 15) is 25.3 Å². The third-order valence-corrected chi connectivity index (χ3v) is 11.6. The van der Waals surface area contributed by atoms with E-state index in [1.54, 1.807) is 37.7 Å². The lowest BCUT2D eigenvalue weighted by Crippen LogP contribution is -1.98. The molecule has 0 aliphatic carbocycles. The van der Waals surface area contributed by atoms with Gasteiger partial charge >= 0.3 is 10.0 Å². The largest absolute Gasteiger partial charge is 0.504 e. The average Bonchev–Trinajstić information content (AvgIpc) is 3.82. The minimum Gasteiger partial charge on any atom is -0.504 e. The topological polar surface area (TPSA) is 160 Å². The number of pyridine rings is 2. The van der Waals surface area contributed by atoms with Crippen LogP contribution in [0.25, 0.3) is 21.8 Å². The molecule has 0 unspecified atom stereocenters. The fraction of sp³-hybridized carbons (Fsp3) is 0.0857. The highest BCUT2D eigenvalue weighted by Crippen LogP contribution is 2.43. The lowest BCUT2D eigenvalue weighted by atomic mass is 10.2. The minimum absolute atomic E-state index is 0.0245. The van der Waals surface area contributed by atoms with Gasteiger partial charge in [0.15, 0.2) is 23.0 Å². The second kappa shape index (κ2) is 16.1. The van der Waals surface area contributed by atoms with Crippen LogP contribution < -0.4 is 14.2 Å². The number of aromatic nitrogens is 2. The van der Waals surface area contributed by atoms with Gasteiger partial charge in [-0.2, -0.15) is 0 Å². The van der Waals surface area contributed by atoms with E-state index in [0.29, 0.717) is 29.4 Å². The minimum atomic E-state index is -0.402. The maximum Gasteiger partial charge on any atom is 0.325 e. The molecule has 0 aliphatic rings. The molecule has 0 amide bonds. The van der Waals surface area contributed by atoms with Crippen molar-refractivity contribution in [1.82, 2.24) is 9.97 Å². The van der Waals surface area contributed by atoms with Crippen LogP contribution in [0.1, 0.15) is 5.56 Å². The maximum absolute atomic E-state index is 10.9. The highest BCUT2D eigenvalue weighted by molar-refractivity contribution is 8.01. The number of rotatable bonds is 11. The maximum atomic E-state index is 10.9. The summed E-state index contributed by atoms with van der Waals surface area (Å²) in [7, 11) is 3.08. The third-order valence-electron chi connectivity index (χ3n) is 7.14. The Bertz CT molecular complexity index is 2350. The summed E-state index contributed by atoms with van der Waals surface area (Å²) >= 11 is 5.16. The first kappa shape index (κ1) is 35.4. The second-order valence-corrected chi connectivity index (χ2v) is 15.2. The molecule has 0 saturated heterocycles. The molecule has 7 aromatic rings. The van der Waals surface area contributed by atoms with Crippen molar-refractivity contribution >= 4 is 78.0 Å². The standard InChI is InChI=1S/C21H16N2O4S2.C14H10N2O4S2/c1-26-17-11-15-16(12-18(17)27-13-14-5-3-2-4-6-14)22-10-9-19(15)28-21-8-7-20(29-21)23(24)25;1-20-11-6-8-9(7-10(11)17)15-5-4-12(8)21-14-3-2-13(22-14)16(18)19/h2-12H,13H2,1H3;2-7,17H,1H3. The van der Waals surface area contributed by atoms with Gasteiger partial charge in [0.2, 0.25) is 0 Å². The van der Waals surface area contributed by atoms with Crippen molar-refractivity contribution in [3.8, 4) is 23.0 Å². The SMILES string of the molecule is COc1cc2c(Sc3ccc([N+](=O)[O-])s3)ccnc2cc1O.COc1cc2c(Sc3ccc([N+](=O)[O-])s3)ccnc2cc1OCc1ccccc1. The van der Waals surface area contributed by atoms with Gasteiger partial charge in [-0.1, -0.05) is 76.5 Å². The van der Waals surface area contributed by atoms with Crippen molar-refractivity contribution in [3.63, 3.8) is 0 Å². The molecule has 0 fully saturated rings. The molecule has 0 aliphatic heterocycles. The summed E-state index contributed by atoms with van der Waals surface area (Å²) in [6, 6.07) is 27.1. The van der Waals surface area contributed by atoms with E-state index in [2.05, 4.69) is 9.97 Å². The molecule has 4 heterocycles. The van der Waals surface area contributed by atoms with Crippen LogP contribution in [0.2, 0.25) is 0 Å². The Balaban J connectivity index is 0.000000183. The summed E-state index contributed by atoms with van der Waals surface area (Å²) in [6.45, 7) is 0.427. The number of hydrogen-bond donors (Lipinski definition) is 1. The van der Waals surface area contributed by atoms with Crippen molar-refractivity contribution in [1.29, 1.82) is 0 Å². The van der Waals surface area contributed by atoms with E-state index < -0.39 is 4.92 Å². The molecule has 0 radical (unpaired) electrons. The van der Waals surface area contributed by atoms with Gasteiger partial charge in [-0.05, 0) is 42.0 Å². The van der Waals surface area contributed by atoms with E-state index >= 15 is 0 Å². The number of ether oxygens (including phenoxy) is 3. The van der Waals surface area contributed by atoms with Crippen molar-refractivity contribution in [2.45, 2.75) is 24.8 Å². The quantitative estimate of drug-likeness (QED) is 0.0984. The van der Waals surface area contributed by atoms with Crippen LogP contribution in [0.15, 0.2) is 122 Å². The molecular weight excluding hydrogens is 733 g/mol. The Morgan fingerprint density at radius 2 is 1.22 bits per heavy atom. The molecule has 7 rings (SSSR count). The lowest BCUT2D eigenvalue weighted by molar-refractivity contribution is -0.380. The smallest absolute Gasteiger partial charge is 0.325 e. The van der Waals surface area contributed by atoms with Crippen LogP contribution >= 0.6 is 46.2 Å². The van der Waals surface area contributed by atoms with Crippen molar-refractivity contribution < 1.29 is 29.2 Å². The number of nitrogens with zero attached hydrogens (tertiary/aromatic N) is 4. The second-order valence-electron chi connectivity index (χ2n) is 10.4. The first-order valence-electron chi connectivity index (χ1n) is 14.9. The fourth-order valence-corrected chi connectivity index (χ4v) is 8.76. The fourth-order valence-electron chi connectivity index (χ4n) is 4.76. The Morgan fingerprint density at radius 3 is 1.73 bits per heavy atom. The highest BCUT2D eigenvalue weighted by atomic mass is 32.2. The number of benzene rings is 3. The number of thiophene rings is 2.